The summed E-state index contributed by atoms with van der Waals surface area (Å²) in [4.78, 5) is 12.4. The van der Waals surface area contributed by atoms with Gasteiger partial charge in [0.2, 0.25) is 15.9 Å². The smallest absolute Gasteiger partial charge is 0.240 e. The van der Waals surface area contributed by atoms with Crippen molar-refractivity contribution in [2.24, 2.45) is 17.6 Å². The van der Waals surface area contributed by atoms with Crippen LogP contribution < -0.4 is 15.8 Å². The van der Waals surface area contributed by atoms with Crippen molar-refractivity contribution in [3.05, 3.63) is 24.3 Å². The van der Waals surface area contributed by atoms with E-state index in [0.717, 1.165) is 12.8 Å². The lowest BCUT2D eigenvalue weighted by atomic mass is 9.81. The Hall–Kier alpha value is -1.44. The van der Waals surface area contributed by atoms with Crippen molar-refractivity contribution in [1.29, 1.82) is 0 Å². The van der Waals surface area contributed by atoms with Gasteiger partial charge in [-0.15, -0.1) is 0 Å². The number of hydrogen-bond donors (Lipinski definition) is 3. The maximum absolute atomic E-state index is 12.2. The molecule has 2 rings (SSSR count). The molecule has 7 heteroatoms. The van der Waals surface area contributed by atoms with Gasteiger partial charge in [0.05, 0.1) is 4.90 Å². The lowest BCUT2D eigenvalue weighted by molar-refractivity contribution is -0.117. The summed E-state index contributed by atoms with van der Waals surface area (Å²) in [6.07, 6.45) is 5.10. The molecule has 0 radical (unpaired) electrons. The van der Waals surface area contributed by atoms with Gasteiger partial charge in [-0.25, -0.2) is 13.1 Å². The zero-order valence-electron chi connectivity index (χ0n) is 14.1. The number of nitrogens with one attached hydrogen (secondary N) is 2. The average Bonchev–Trinajstić information content (AvgIpc) is 2.53. The monoisotopic (exact) mass is 353 g/mol. The van der Waals surface area contributed by atoms with Crippen LogP contribution in [0.25, 0.3) is 0 Å². The van der Waals surface area contributed by atoms with Crippen LogP contribution in [0.4, 0.5) is 5.69 Å². The van der Waals surface area contributed by atoms with E-state index in [0.29, 0.717) is 23.9 Å². The molecule has 0 aromatic heterocycles. The molecular formula is C17H27N3O3S. The predicted molar refractivity (Wildman–Crippen MR) is 95.1 cm³/mol. The first-order chi connectivity index (χ1) is 11.4. The maximum atomic E-state index is 12.2. The fourth-order valence-corrected chi connectivity index (χ4v) is 4.33. The highest BCUT2D eigenvalue weighted by molar-refractivity contribution is 7.89. The molecule has 1 aromatic rings. The van der Waals surface area contributed by atoms with Crippen molar-refractivity contribution in [1.82, 2.24) is 4.72 Å². The standard InChI is InChI=1S/C17H27N3O3S/c1-13-4-2-5-14(10-13)11-17(21)20-15-6-3-7-16(12-15)24(22,23)19-9-8-18/h3,6-7,12-14,19H,2,4-5,8-11,18H2,1H3,(H,20,21). The molecular weight excluding hydrogens is 326 g/mol. The normalized spacial score (nSPS) is 21.4. The van der Waals surface area contributed by atoms with E-state index in [1.807, 2.05) is 0 Å². The van der Waals surface area contributed by atoms with Gasteiger partial charge in [0.25, 0.3) is 0 Å². The summed E-state index contributed by atoms with van der Waals surface area (Å²) in [6, 6.07) is 6.29. The number of anilines is 1. The van der Waals surface area contributed by atoms with Gasteiger partial charge in [0, 0.05) is 25.2 Å². The van der Waals surface area contributed by atoms with Gasteiger partial charge < -0.3 is 11.1 Å². The Kier molecular flexibility index (Phi) is 6.77. The highest BCUT2D eigenvalue weighted by atomic mass is 32.2. The van der Waals surface area contributed by atoms with Crippen molar-refractivity contribution >= 4 is 21.6 Å². The molecule has 0 heterocycles. The van der Waals surface area contributed by atoms with E-state index in [9.17, 15) is 13.2 Å². The molecule has 134 valence electrons. The highest BCUT2D eigenvalue weighted by Crippen LogP contribution is 2.30. The van der Waals surface area contributed by atoms with Gasteiger partial charge in [-0.3, -0.25) is 4.79 Å². The Labute approximate surface area is 144 Å². The van der Waals surface area contributed by atoms with Gasteiger partial charge in [-0.2, -0.15) is 0 Å². The van der Waals surface area contributed by atoms with Gasteiger partial charge in [0.1, 0.15) is 0 Å². The Balaban J connectivity index is 1.97. The third-order valence-corrected chi connectivity index (χ3v) is 5.84. The summed E-state index contributed by atoms with van der Waals surface area (Å²) in [7, 11) is -3.60. The lowest BCUT2D eigenvalue weighted by Gasteiger charge is -2.26. The van der Waals surface area contributed by atoms with E-state index in [1.165, 1.54) is 25.0 Å². The zero-order chi connectivity index (χ0) is 17.6. The second kappa shape index (κ2) is 8.60. The molecule has 4 N–H and O–H groups in total. The Morgan fingerprint density at radius 2 is 2.12 bits per heavy atom. The van der Waals surface area contributed by atoms with Crippen LogP contribution in [0.3, 0.4) is 0 Å². The molecule has 1 fully saturated rings. The number of carbonyl (C=O) groups is 1. The van der Waals surface area contributed by atoms with E-state index in [1.54, 1.807) is 12.1 Å². The first-order valence-corrected chi connectivity index (χ1v) is 9.98. The van der Waals surface area contributed by atoms with Gasteiger partial charge >= 0.3 is 0 Å². The molecule has 6 nitrogen and oxygen atoms in total. The second-order valence-corrected chi connectivity index (χ2v) is 8.37. The van der Waals surface area contributed by atoms with Gasteiger partial charge in [-0.1, -0.05) is 25.8 Å². The van der Waals surface area contributed by atoms with Crippen LogP contribution in [0.15, 0.2) is 29.2 Å². The number of nitrogens with two attached hydrogens (primary N) is 1. The fraction of sp³-hybridized carbons (Fsp3) is 0.588. The van der Waals surface area contributed by atoms with Crippen LogP contribution in [-0.4, -0.2) is 27.4 Å². The van der Waals surface area contributed by atoms with Crippen molar-refractivity contribution < 1.29 is 13.2 Å². The highest BCUT2D eigenvalue weighted by Gasteiger charge is 2.21. The summed E-state index contributed by atoms with van der Waals surface area (Å²) in [5.41, 5.74) is 5.82. The maximum Gasteiger partial charge on any atom is 0.240 e. The molecule has 2 atom stereocenters. The summed E-state index contributed by atoms with van der Waals surface area (Å²) in [5, 5.41) is 2.82. The predicted octanol–water partition coefficient (Wildman–Crippen LogP) is 2.08. The molecule has 1 aromatic carbocycles. The molecule has 0 bridgehead atoms. The van der Waals surface area contributed by atoms with E-state index in [2.05, 4.69) is 17.0 Å². The van der Waals surface area contributed by atoms with Crippen LogP contribution in [-0.2, 0) is 14.8 Å². The molecule has 2 unspecified atom stereocenters. The average molecular weight is 353 g/mol. The minimum absolute atomic E-state index is 0.0569. The van der Waals surface area contributed by atoms with Gasteiger partial charge in [-0.05, 0) is 42.9 Å². The first-order valence-electron chi connectivity index (χ1n) is 8.50. The molecule has 0 spiro atoms. The quantitative estimate of drug-likeness (QED) is 0.698. The molecule has 24 heavy (non-hydrogen) atoms. The Morgan fingerprint density at radius 1 is 1.33 bits per heavy atom. The molecule has 1 saturated carbocycles. The topological polar surface area (TPSA) is 101 Å². The van der Waals surface area contributed by atoms with Gasteiger partial charge in [0.15, 0.2) is 0 Å². The number of hydrogen-bond acceptors (Lipinski definition) is 4. The van der Waals surface area contributed by atoms with Crippen LogP contribution in [0.1, 0.15) is 39.0 Å². The number of amides is 1. The lowest BCUT2D eigenvalue weighted by Crippen LogP contribution is -2.29. The van der Waals surface area contributed by atoms with E-state index >= 15 is 0 Å². The minimum atomic E-state index is -3.60. The van der Waals surface area contributed by atoms with Crippen LogP contribution >= 0.6 is 0 Å². The summed E-state index contributed by atoms with van der Waals surface area (Å²) in [6.45, 7) is 2.64. The summed E-state index contributed by atoms with van der Waals surface area (Å²) in [5.74, 6) is 1.05. The number of sulfonamides is 1. The summed E-state index contributed by atoms with van der Waals surface area (Å²) >= 11 is 0. The largest absolute Gasteiger partial charge is 0.329 e. The van der Waals surface area contributed by atoms with E-state index in [-0.39, 0.29) is 23.9 Å². The third kappa shape index (κ3) is 5.58. The molecule has 1 aliphatic rings. The van der Waals surface area contributed by atoms with E-state index in [4.69, 9.17) is 5.73 Å². The zero-order valence-corrected chi connectivity index (χ0v) is 14.9. The van der Waals surface area contributed by atoms with Crippen molar-refractivity contribution in [3.8, 4) is 0 Å². The molecule has 0 saturated heterocycles. The SMILES string of the molecule is CC1CCCC(CC(=O)Nc2cccc(S(=O)(=O)NCCN)c2)C1. The minimum Gasteiger partial charge on any atom is -0.329 e. The number of rotatable bonds is 7. The molecule has 0 aliphatic heterocycles. The fourth-order valence-electron chi connectivity index (χ4n) is 3.24. The van der Waals surface area contributed by atoms with Crippen LogP contribution in [0, 0.1) is 11.8 Å². The Bertz CT molecular complexity index is 661. The third-order valence-electron chi connectivity index (χ3n) is 4.38. The van der Waals surface area contributed by atoms with E-state index < -0.39 is 10.0 Å². The van der Waals surface area contributed by atoms with Crippen molar-refractivity contribution in [2.45, 2.75) is 43.9 Å². The van der Waals surface area contributed by atoms with Crippen LogP contribution in [0.5, 0.6) is 0 Å². The second-order valence-electron chi connectivity index (χ2n) is 6.60. The number of carbonyl (C=O) groups excluding carboxylic acids is 1. The summed E-state index contributed by atoms with van der Waals surface area (Å²) < 4.78 is 26.6. The first kappa shape index (κ1) is 18.9. The number of benzene rings is 1. The van der Waals surface area contributed by atoms with Crippen molar-refractivity contribution in [2.75, 3.05) is 18.4 Å². The Morgan fingerprint density at radius 3 is 2.83 bits per heavy atom. The van der Waals surface area contributed by atoms with Crippen LogP contribution in [0.2, 0.25) is 0 Å². The van der Waals surface area contributed by atoms with Crippen molar-refractivity contribution in [3.63, 3.8) is 0 Å². The molecule has 1 aliphatic carbocycles. The molecule has 1 amide bonds.